The van der Waals surface area contributed by atoms with E-state index < -0.39 is 29.6 Å². The van der Waals surface area contributed by atoms with Gasteiger partial charge in [-0.25, -0.2) is 9.59 Å². The zero-order valence-corrected chi connectivity index (χ0v) is 19.3. The van der Waals surface area contributed by atoms with Gasteiger partial charge >= 0.3 is 12.2 Å². The normalized spacial score (nSPS) is 13.5. The van der Waals surface area contributed by atoms with E-state index in [9.17, 15) is 14.4 Å². The number of ketones is 1. The number of hydrogen-bond donors (Lipinski definition) is 2. The topological polar surface area (TPSA) is 103 Å². The van der Waals surface area contributed by atoms with Gasteiger partial charge in [0, 0.05) is 19.6 Å². The smallest absolute Gasteiger partial charge is 0.407 e. The lowest BCUT2D eigenvalue weighted by molar-refractivity contribution is -0.124. The molecule has 2 aromatic rings. The minimum Gasteiger partial charge on any atom is -0.449 e. The van der Waals surface area contributed by atoms with Gasteiger partial charge in [-0.2, -0.15) is 0 Å². The van der Waals surface area contributed by atoms with Gasteiger partial charge in [0.1, 0.15) is 24.9 Å². The van der Waals surface area contributed by atoms with Crippen molar-refractivity contribution in [1.29, 1.82) is 0 Å². The molecule has 2 N–H and O–H groups in total. The van der Waals surface area contributed by atoms with Crippen LogP contribution in [-0.4, -0.2) is 56.5 Å². The summed E-state index contributed by atoms with van der Waals surface area (Å²) in [5.74, 6) is -0.502. The number of methoxy groups -OCH3 is 1. The maximum atomic E-state index is 12.5. The summed E-state index contributed by atoms with van der Waals surface area (Å²) in [5, 5.41) is 5.03. The van der Waals surface area contributed by atoms with Crippen LogP contribution in [0.2, 0.25) is 0 Å². The number of nitrogens with one attached hydrogen (secondary N) is 2. The van der Waals surface area contributed by atoms with Crippen molar-refractivity contribution >= 4 is 18.0 Å². The Hall–Kier alpha value is -3.39. The second kappa shape index (κ2) is 10.5. The molecule has 33 heavy (non-hydrogen) atoms. The minimum atomic E-state index is -1.02. The van der Waals surface area contributed by atoms with Gasteiger partial charge < -0.3 is 24.8 Å². The van der Waals surface area contributed by atoms with Crippen LogP contribution in [0.5, 0.6) is 0 Å². The molecule has 0 heterocycles. The number of carbonyl (C=O) groups excluding carboxylic acids is 3. The Morgan fingerprint density at radius 2 is 1.52 bits per heavy atom. The van der Waals surface area contributed by atoms with Crippen LogP contribution in [0.1, 0.15) is 37.8 Å². The summed E-state index contributed by atoms with van der Waals surface area (Å²) in [5.41, 5.74) is 3.74. The van der Waals surface area contributed by atoms with E-state index in [4.69, 9.17) is 14.2 Å². The molecule has 1 atom stereocenters. The largest absolute Gasteiger partial charge is 0.449 e. The Labute approximate surface area is 193 Å². The number of hydrogen-bond acceptors (Lipinski definition) is 6. The van der Waals surface area contributed by atoms with Crippen molar-refractivity contribution in [1.82, 2.24) is 10.6 Å². The van der Waals surface area contributed by atoms with Gasteiger partial charge in [-0.05, 0) is 43.0 Å². The Balaban J connectivity index is 1.62. The number of fused-ring (bicyclic) bond motifs is 3. The molecule has 3 rings (SSSR count). The Morgan fingerprint density at radius 3 is 2.06 bits per heavy atom. The molecule has 0 unspecified atom stereocenters. The van der Waals surface area contributed by atoms with Crippen LogP contribution in [0.4, 0.5) is 9.59 Å². The molecule has 0 radical (unpaired) electrons. The van der Waals surface area contributed by atoms with Crippen molar-refractivity contribution in [2.75, 3.05) is 26.9 Å². The molecule has 1 aliphatic rings. The first-order valence-electron chi connectivity index (χ1n) is 10.8. The first-order valence-corrected chi connectivity index (χ1v) is 10.8. The third-order valence-electron chi connectivity index (χ3n) is 5.16. The predicted octanol–water partition coefficient (Wildman–Crippen LogP) is 3.63. The molecule has 0 fully saturated rings. The lowest BCUT2D eigenvalue weighted by atomic mass is 9.98. The fourth-order valence-electron chi connectivity index (χ4n) is 3.77. The fourth-order valence-corrected chi connectivity index (χ4v) is 3.77. The molecule has 0 saturated heterocycles. The summed E-state index contributed by atoms with van der Waals surface area (Å²) in [6.45, 7) is 4.94. The standard InChI is InChI=1S/C25H30N2O6/c1-25(2,3)33-23(29)26-13-21(22(28)15-31-4)27-24(30)32-14-20-18-11-7-5-9-16(18)17-10-6-8-12-19(17)20/h5-12,20-21H,13-15H2,1-4H3,(H,26,29)(H,27,30)/t21-/m1/s1. The van der Waals surface area contributed by atoms with E-state index in [1.807, 2.05) is 36.4 Å². The quantitative estimate of drug-likeness (QED) is 0.631. The second-order valence-electron chi connectivity index (χ2n) is 8.80. The SMILES string of the molecule is COCC(=O)[C@@H](CNC(=O)OC(C)(C)C)NC(=O)OCC1c2ccccc2-c2ccccc21. The van der Waals surface area contributed by atoms with E-state index in [-0.39, 0.29) is 25.7 Å². The van der Waals surface area contributed by atoms with Crippen molar-refractivity contribution in [3.05, 3.63) is 59.7 Å². The zero-order valence-electron chi connectivity index (χ0n) is 19.3. The average molecular weight is 455 g/mol. The molecule has 0 saturated carbocycles. The third-order valence-corrected chi connectivity index (χ3v) is 5.16. The number of Topliss-reactive ketones (excluding diaryl/α,β-unsaturated/α-hetero) is 1. The molecule has 0 aromatic heterocycles. The zero-order chi connectivity index (χ0) is 24.0. The van der Waals surface area contributed by atoms with Crippen LogP contribution in [0.3, 0.4) is 0 Å². The first kappa shape index (κ1) is 24.3. The van der Waals surface area contributed by atoms with Crippen LogP contribution in [-0.2, 0) is 19.0 Å². The van der Waals surface area contributed by atoms with Gasteiger partial charge in [0.2, 0.25) is 0 Å². The maximum Gasteiger partial charge on any atom is 0.407 e. The number of rotatable bonds is 8. The lowest BCUT2D eigenvalue weighted by Gasteiger charge is -2.22. The average Bonchev–Trinajstić information content (AvgIpc) is 3.08. The van der Waals surface area contributed by atoms with Gasteiger partial charge in [0.25, 0.3) is 0 Å². The molecule has 176 valence electrons. The first-order chi connectivity index (χ1) is 15.7. The van der Waals surface area contributed by atoms with E-state index in [1.54, 1.807) is 20.8 Å². The molecule has 0 aliphatic heterocycles. The van der Waals surface area contributed by atoms with Crippen LogP contribution in [0, 0.1) is 0 Å². The van der Waals surface area contributed by atoms with E-state index in [2.05, 4.69) is 22.8 Å². The molecular formula is C25H30N2O6. The number of benzene rings is 2. The number of alkyl carbamates (subject to hydrolysis) is 2. The number of amides is 2. The van der Waals surface area contributed by atoms with Gasteiger partial charge in [0.05, 0.1) is 0 Å². The minimum absolute atomic E-state index is 0.101. The summed E-state index contributed by atoms with van der Waals surface area (Å²) in [4.78, 5) is 36.9. The lowest BCUT2D eigenvalue weighted by Crippen LogP contribution is -2.50. The summed E-state index contributed by atoms with van der Waals surface area (Å²) in [6, 6.07) is 15.0. The number of ether oxygens (including phenoxy) is 3. The third kappa shape index (κ3) is 6.32. The Bertz CT molecular complexity index is 968. The van der Waals surface area contributed by atoms with E-state index in [0.29, 0.717) is 0 Å². The highest BCUT2D eigenvalue weighted by atomic mass is 16.6. The molecular weight excluding hydrogens is 424 g/mol. The van der Waals surface area contributed by atoms with Crippen molar-refractivity contribution in [3.63, 3.8) is 0 Å². The van der Waals surface area contributed by atoms with Gasteiger partial charge in [-0.1, -0.05) is 48.5 Å². The van der Waals surface area contributed by atoms with Crippen LogP contribution in [0.25, 0.3) is 11.1 Å². The van der Waals surface area contributed by atoms with Gasteiger partial charge in [-0.3, -0.25) is 4.79 Å². The molecule has 0 bridgehead atoms. The summed E-state index contributed by atoms with van der Waals surface area (Å²) in [7, 11) is 1.38. The monoisotopic (exact) mass is 454 g/mol. The van der Waals surface area contributed by atoms with E-state index in [1.165, 1.54) is 7.11 Å². The van der Waals surface area contributed by atoms with Gasteiger partial charge in [-0.15, -0.1) is 0 Å². The van der Waals surface area contributed by atoms with Crippen molar-refractivity contribution in [2.24, 2.45) is 0 Å². The Kier molecular flexibility index (Phi) is 7.71. The van der Waals surface area contributed by atoms with Crippen molar-refractivity contribution in [2.45, 2.75) is 38.3 Å². The molecule has 2 amide bonds. The summed E-state index contributed by atoms with van der Waals surface area (Å²) < 4.78 is 15.6. The van der Waals surface area contributed by atoms with Gasteiger partial charge in [0.15, 0.2) is 5.78 Å². The van der Waals surface area contributed by atoms with E-state index >= 15 is 0 Å². The fraction of sp³-hybridized carbons (Fsp3) is 0.400. The molecule has 2 aromatic carbocycles. The Morgan fingerprint density at radius 1 is 0.939 bits per heavy atom. The predicted molar refractivity (Wildman–Crippen MR) is 123 cm³/mol. The summed E-state index contributed by atoms with van der Waals surface area (Å²) in [6.07, 6.45) is -1.44. The van der Waals surface area contributed by atoms with Crippen molar-refractivity contribution in [3.8, 4) is 11.1 Å². The summed E-state index contributed by atoms with van der Waals surface area (Å²) >= 11 is 0. The van der Waals surface area contributed by atoms with Crippen LogP contribution < -0.4 is 10.6 Å². The van der Waals surface area contributed by atoms with Crippen molar-refractivity contribution < 1.29 is 28.6 Å². The number of carbonyl (C=O) groups is 3. The maximum absolute atomic E-state index is 12.5. The molecule has 1 aliphatic carbocycles. The second-order valence-corrected chi connectivity index (χ2v) is 8.80. The highest BCUT2D eigenvalue weighted by Gasteiger charge is 2.30. The van der Waals surface area contributed by atoms with E-state index in [0.717, 1.165) is 22.3 Å². The molecule has 0 spiro atoms. The molecule has 8 heteroatoms. The van der Waals surface area contributed by atoms with Crippen LogP contribution in [0.15, 0.2) is 48.5 Å². The highest BCUT2D eigenvalue weighted by molar-refractivity contribution is 5.89. The molecule has 8 nitrogen and oxygen atoms in total. The highest BCUT2D eigenvalue weighted by Crippen LogP contribution is 2.44. The van der Waals surface area contributed by atoms with Crippen LogP contribution >= 0.6 is 0 Å².